The van der Waals surface area contributed by atoms with Crippen molar-refractivity contribution in [1.29, 1.82) is 0 Å². The van der Waals surface area contributed by atoms with Gasteiger partial charge >= 0.3 is 6.18 Å². The number of imidazole rings is 1. The second-order valence-corrected chi connectivity index (χ2v) is 8.78. The molecule has 0 aliphatic carbocycles. The molecule has 1 aliphatic rings. The fraction of sp³-hybridized carbons (Fsp3) is 0.500. The maximum atomic E-state index is 13.9. The van der Waals surface area contributed by atoms with E-state index in [1.165, 1.54) is 4.90 Å². The third-order valence-electron chi connectivity index (χ3n) is 5.68. The minimum absolute atomic E-state index is 0.0653. The van der Waals surface area contributed by atoms with Gasteiger partial charge < -0.3 is 25.4 Å². The van der Waals surface area contributed by atoms with Crippen molar-refractivity contribution in [2.45, 2.75) is 38.1 Å². The summed E-state index contributed by atoms with van der Waals surface area (Å²) in [5.41, 5.74) is 5.22. The van der Waals surface area contributed by atoms with Gasteiger partial charge in [-0.3, -0.25) is 9.59 Å². The Balaban J connectivity index is 1.74. The van der Waals surface area contributed by atoms with E-state index in [0.717, 1.165) is 4.57 Å². The molecular formula is C22H26F6N6O2. The highest BCUT2D eigenvalue weighted by molar-refractivity contribution is 5.93. The first-order valence-corrected chi connectivity index (χ1v) is 11.0. The van der Waals surface area contributed by atoms with Crippen LogP contribution in [-0.4, -0.2) is 70.9 Å². The van der Waals surface area contributed by atoms with E-state index < -0.39 is 53.0 Å². The maximum Gasteiger partial charge on any atom is 0.449 e. The van der Waals surface area contributed by atoms with Crippen molar-refractivity contribution in [1.82, 2.24) is 24.7 Å². The van der Waals surface area contributed by atoms with Crippen LogP contribution in [0.4, 0.5) is 26.3 Å². The number of alkyl halides is 3. The van der Waals surface area contributed by atoms with Crippen LogP contribution in [0.5, 0.6) is 0 Å². The third kappa shape index (κ3) is 6.35. The summed E-state index contributed by atoms with van der Waals surface area (Å²) in [6.45, 7) is -0.0305. The second kappa shape index (κ2) is 10.9. The Kier molecular flexibility index (Phi) is 8.29. The molecule has 0 saturated heterocycles. The number of rotatable bonds is 8. The molecule has 0 bridgehead atoms. The fourth-order valence-corrected chi connectivity index (χ4v) is 3.88. The number of aromatic nitrogens is 2. The standard InChI is InChI=1S/C22H26F6N6O2/c1-32(2)4-3-30-20(36)19-17-11-33(5-6-34(17)21(31-19)22(26,27)28)18(35)9-13(29)7-12-8-15(24)16(25)10-14(12)23/h8,10,13H,3-7,9,11,29H2,1-2H3,(H,30,36). The van der Waals surface area contributed by atoms with Crippen molar-refractivity contribution < 1.29 is 35.9 Å². The van der Waals surface area contributed by atoms with Gasteiger partial charge in [0.2, 0.25) is 11.7 Å². The van der Waals surface area contributed by atoms with Crippen LogP contribution in [0, 0.1) is 17.5 Å². The molecule has 2 aromatic rings. The van der Waals surface area contributed by atoms with Crippen LogP contribution in [0.15, 0.2) is 12.1 Å². The number of nitrogens with zero attached hydrogens (tertiary/aromatic N) is 4. The summed E-state index contributed by atoms with van der Waals surface area (Å²) in [4.78, 5) is 31.9. The van der Waals surface area contributed by atoms with Crippen LogP contribution in [-0.2, 0) is 30.5 Å². The lowest BCUT2D eigenvalue weighted by atomic mass is 10.0. The molecule has 2 heterocycles. The maximum absolute atomic E-state index is 13.9. The lowest BCUT2D eigenvalue weighted by Gasteiger charge is -2.30. The number of nitrogens with two attached hydrogens (primary N) is 1. The van der Waals surface area contributed by atoms with Gasteiger partial charge in [-0.1, -0.05) is 0 Å². The van der Waals surface area contributed by atoms with Crippen LogP contribution in [0.3, 0.4) is 0 Å². The summed E-state index contributed by atoms with van der Waals surface area (Å²) in [5, 5.41) is 2.52. The largest absolute Gasteiger partial charge is 0.449 e. The topological polar surface area (TPSA) is 96.5 Å². The zero-order chi connectivity index (χ0) is 26.8. The molecule has 8 nitrogen and oxygen atoms in total. The Bertz CT molecular complexity index is 1130. The molecule has 0 spiro atoms. The van der Waals surface area contributed by atoms with Crippen molar-refractivity contribution in [2.24, 2.45) is 5.73 Å². The van der Waals surface area contributed by atoms with Crippen LogP contribution >= 0.6 is 0 Å². The molecule has 198 valence electrons. The van der Waals surface area contributed by atoms with Gasteiger partial charge in [-0.15, -0.1) is 0 Å². The van der Waals surface area contributed by atoms with Gasteiger partial charge in [0.1, 0.15) is 5.82 Å². The highest BCUT2D eigenvalue weighted by Gasteiger charge is 2.41. The van der Waals surface area contributed by atoms with Gasteiger partial charge in [-0.05, 0) is 32.1 Å². The molecule has 0 radical (unpaired) electrons. The van der Waals surface area contributed by atoms with Crippen molar-refractivity contribution in [3.05, 3.63) is 52.4 Å². The summed E-state index contributed by atoms with van der Waals surface area (Å²) in [6.07, 6.45) is -5.40. The SMILES string of the molecule is CN(C)CCNC(=O)c1nc(C(F)(F)F)n2c1CN(C(=O)CC(N)Cc1cc(F)c(F)cc1F)CC2. The number of benzene rings is 1. The van der Waals surface area contributed by atoms with E-state index in [1.54, 1.807) is 19.0 Å². The molecule has 1 aliphatic heterocycles. The molecular weight excluding hydrogens is 494 g/mol. The van der Waals surface area contributed by atoms with E-state index in [2.05, 4.69) is 10.3 Å². The van der Waals surface area contributed by atoms with Crippen LogP contribution in [0.1, 0.15) is 34.0 Å². The number of nitrogens with one attached hydrogen (secondary N) is 1. The van der Waals surface area contributed by atoms with Crippen molar-refractivity contribution in [2.75, 3.05) is 33.7 Å². The first-order valence-electron chi connectivity index (χ1n) is 11.0. The van der Waals surface area contributed by atoms with E-state index in [4.69, 9.17) is 5.73 Å². The molecule has 36 heavy (non-hydrogen) atoms. The summed E-state index contributed by atoms with van der Waals surface area (Å²) in [5.74, 6) is -6.20. The summed E-state index contributed by atoms with van der Waals surface area (Å²) in [7, 11) is 3.53. The van der Waals surface area contributed by atoms with Gasteiger partial charge in [0.15, 0.2) is 17.3 Å². The van der Waals surface area contributed by atoms with E-state index in [9.17, 15) is 35.9 Å². The van der Waals surface area contributed by atoms with Gasteiger partial charge in [-0.2, -0.15) is 13.2 Å². The summed E-state index contributed by atoms with van der Waals surface area (Å²) >= 11 is 0. The second-order valence-electron chi connectivity index (χ2n) is 8.78. The van der Waals surface area contributed by atoms with E-state index in [-0.39, 0.29) is 50.3 Å². The van der Waals surface area contributed by atoms with Gasteiger partial charge in [0.25, 0.3) is 5.91 Å². The van der Waals surface area contributed by atoms with E-state index in [0.29, 0.717) is 18.7 Å². The van der Waals surface area contributed by atoms with E-state index >= 15 is 0 Å². The van der Waals surface area contributed by atoms with Crippen molar-refractivity contribution in [3.8, 4) is 0 Å². The highest BCUT2D eigenvalue weighted by atomic mass is 19.4. The number of hydrogen-bond acceptors (Lipinski definition) is 5. The minimum atomic E-state index is -4.81. The minimum Gasteiger partial charge on any atom is -0.349 e. The predicted molar refractivity (Wildman–Crippen MR) is 116 cm³/mol. The van der Waals surface area contributed by atoms with Gasteiger partial charge in [0.05, 0.1) is 12.2 Å². The number of hydrogen-bond donors (Lipinski definition) is 2. The fourth-order valence-electron chi connectivity index (χ4n) is 3.88. The number of carbonyl (C=O) groups excluding carboxylic acids is 2. The number of amides is 2. The van der Waals surface area contributed by atoms with Crippen molar-refractivity contribution >= 4 is 11.8 Å². The highest BCUT2D eigenvalue weighted by Crippen LogP contribution is 2.32. The molecule has 3 N–H and O–H groups in total. The number of halogens is 6. The van der Waals surface area contributed by atoms with E-state index in [1.807, 2.05) is 0 Å². The Morgan fingerprint density at radius 3 is 2.44 bits per heavy atom. The predicted octanol–water partition coefficient (Wildman–Crippen LogP) is 1.91. The van der Waals surface area contributed by atoms with Gasteiger partial charge in [-0.25, -0.2) is 18.2 Å². The number of carbonyl (C=O) groups is 2. The molecule has 0 fully saturated rings. The molecule has 1 aromatic heterocycles. The normalized spacial score (nSPS) is 14.7. The molecule has 3 rings (SSSR count). The zero-order valence-corrected chi connectivity index (χ0v) is 19.6. The van der Waals surface area contributed by atoms with Gasteiger partial charge in [0, 0.05) is 44.7 Å². The Hall–Kier alpha value is -3.13. The summed E-state index contributed by atoms with van der Waals surface area (Å²) in [6, 6.07) is 0.0751. The number of likely N-dealkylation sites (N-methyl/N-ethyl adjacent to an activating group) is 1. The monoisotopic (exact) mass is 520 g/mol. The molecule has 14 heteroatoms. The smallest absolute Gasteiger partial charge is 0.349 e. The zero-order valence-electron chi connectivity index (χ0n) is 19.6. The van der Waals surface area contributed by atoms with Crippen LogP contribution in [0.25, 0.3) is 0 Å². The number of fused-ring (bicyclic) bond motifs is 1. The Morgan fingerprint density at radius 1 is 1.14 bits per heavy atom. The Labute approximate surface area is 203 Å². The molecule has 1 unspecified atom stereocenters. The third-order valence-corrected chi connectivity index (χ3v) is 5.68. The lowest BCUT2D eigenvalue weighted by molar-refractivity contribution is -0.148. The average Bonchev–Trinajstić information content (AvgIpc) is 3.16. The molecule has 0 saturated carbocycles. The van der Waals surface area contributed by atoms with Crippen molar-refractivity contribution in [3.63, 3.8) is 0 Å². The van der Waals surface area contributed by atoms with Crippen LogP contribution < -0.4 is 11.1 Å². The Morgan fingerprint density at radius 2 is 1.81 bits per heavy atom. The molecule has 1 atom stereocenters. The first kappa shape index (κ1) is 27.5. The molecule has 1 aromatic carbocycles. The summed E-state index contributed by atoms with van der Waals surface area (Å²) < 4.78 is 81.9. The average molecular weight is 520 g/mol. The molecule has 2 amide bonds. The van der Waals surface area contributed by atoms with Crippen LogP contribution in [0.2, 0.25) is 0 Å². The lowest BCUT2D eigenvalue weighted by Crippen LogP contribution is -2.42. The quantitative estimate of drug-likeness (QED) is 0.410. The first-order chi connectivity index (χ1) is 16.8.